The Morgan fingerprint density at radius 1 is 1.00 bits per heavy atom. The number of halogens is 1. The molecule has 0 fully saturated rings. The molecule has 0 saturated heterocycles. The first-order chi connectivity index (χ1) is 8.45. The molecule has 0 amide bonds. The standard InChI is InChI=1S/C14H27BrO3/c1-14(2,3)18-13(16)12-17-11-9-7-5-4-6-8-10-15/h4-12H2,1-3H3. The molecule has 0 aromatic rings. The molecule has 0 bridgehead atoms. The lowest BCUT2D eigenvalue weighted by Gasteiger charge is -2.19. The van der Waals surface area contributed by atoms with Gasteiger partial charge >= 0.3 is 5.97 Å². The third-order valence-corrected chi connectivity index (χ3v) is 2.87. The second-order valence-electron chi connectivity index (χ2n) is 5.45. The smallest absolute Gasteiger partial charge is 0.332 e. The van der Waals surface area contributed by atoms with E-state index < -0.39 is 5.60 Å². The van der Waals surface area contributed by atoms with Gasteiger partial charge in [-0.2, -0.15) is 0 Å². The summed E-state index contributed by atoms with van der Waals surface area (Å²) in [4.78, 5) is 11.3. The second-order valence-corrected chi connectivity index (χ2v) is 6.24. The minimum atomic E-state index is -0.421. The Kier molecular flexibility index (Phi) is 10.7. The first-order valence-corrected chi connectivity index (χ1v) is 7.93. The molecule has 0 atom stereocenters. The van der Waals surface area contributed by atoms with Gasteiger partial charge in [0.15, 0.2) is 0 Å². The van der Waals surface area contributed by atoms with E-state index in [-0.39, 0.29) is 12.6 Å². The highest BCUT2D eigenvalue weighted by Crippen LogP contribution is 2.08. The van der Waals surface area contributed by atoms with Crippen molar-refractivity contribution in [2.24, 2.45) is 0 Å². The molecule has 108 valence electrons. The van der Waals surface area contributed by atoms with Crippen LogP contribution in [-0.4, -0.2) is 30.1 Å². The summed E-state index contributed by atoms with van der Waals surface area (Å²) < 4.78 is 10.4. The Morgan fingerprint density at radius 3 is 2.11 bits per heavy atom. The zero-order valence-corrected chi connectivity index (χ0v) is 13.6. The summed E-state index contributed by atoms with van der Waals surface area (Å²) in [7, 11) is 0. The summed E-state index contributed by atoms with van der Waals surface area (Å²) in [6, 6.07) is 0. The van der Waals surface area contributed by atoms with Crippen LogP contribution in [0.2, 0.25) is 0 Å². The first-order valence-electron chi connectivity index (χ1n) is 6.81. The van der Waals surface area contributed by atoms with Crippen molar-refractivity contribution in [2.45, 2.75) is 64.9 Å². The molecular formula is C14H27BrO3. The third kappa shape index (κ3) is 14.0. The van der Waals surface area contributed by atoms with Crippen molar-refractivity contribution in [1.82, 2.24) is 0 Å². The van der Waals surface area contributed by atoms with Crippen molar-refractivity contribution in [3.63, 3.8) is 0 Å². The highest BCUT2D eigenvalue weighted by atomic mass is 79.9. The largest absolute Gasteiger partial charge is 0.458 e. The summed E-state index contributed by atoms with van der Waals surface area (Å²) in [5.74, 6) is -0.278. The highest BCUT2D eigenvalue weighted by Gasteiger charge is 2.15. The Labute approximate surface area is 120 Å². The fraction of sp³-hybridized carbons (Fsp3) is 0.929. The van der Waals surface area contributed by atoms with Crippen LogP contribution in [-0.2, 0) is 14.3 Å². The SMILES string of the molecule is CC(C)(C)OC(=O)COCCCCCCCCBr. The Morgan fingerprint density at radius 2 is 1.56 bits per heavy atom. The second kappa shape index (κ2) is 10.8. The number of alkyl halides is 1. The van der Waals surface area contributed by atoms with Crippen molar-refractivity contribution in [3.8, 4) is 0 Å². The lowest BCUT2D eigenvalue weighted by molar-refractivity contribution is -0.160. The summed E-state index contributed by atoms with van der Waals surface area (Å²) in [5.41, 5.74) is -0.421. The zero-order chi connectivity index (χ0) is 13.9. The average molecular weight is 323 g/mol. The van der Waals surface area contributed by atoms with Crippen LogP contribution in [0.3, 0.4) is 0 Å². The van der Waals surface area contributed by atoms with Gasteiger partial charge in [-0.25, -0.2) is 4.79 Å². The van der Waals surface area contributed by atoms with Gasteiger partial charge in [0.1, 0.15) is 12.2 Å². The molecule has 0 aliphatic carbocycles. The lowest BCUT2D eigenvalue weighted by Crippen LogP contribution is -2.26. The zero-order valence-electron chi connectivity index (χ0n) is 12.0. The van der Waals surface area contributed by atoms with Crippen LogP contribution >= 0.6 is 15.9 Å². The highest BCUT2D eigenvalue weighted by molar-refractivity contribution is 9.09. The van der Waals surface area contributed by atoms with Gasteiger partial charge < -0.3 is 9.47 Å². The molecule has 0 aliphatic heterocycles. The Hall–Kier alpha value is -0.0900. The van der Waals surface area contributed by atoms with Gasteiger partial charge in [0.2, 0.25) is 0 Å². The Balaban J connectivity index is 3.23. The molecule has 0 unspecified atom stereocenters. The number of ether oxygens (including phenoxy) is 2. The fourth-order valence-electron chi connectivity index (χ4n) is 1.53. The van der Waals surface area contributed by atoms with Crippen LogP contribution in [0.1, 0.15) is 59.3 Å². The topological polar surface area (TPSA) is 35.5 Å². The van der Waals surface area contributed by atoms with E-state index in [1.54, 1.807) is 0 Å². The van der Waals surface area contributed by atoms with Crippen LogP contribution in [0.25, 0.3) is 0 Å². The average Bonchev–Trinajstić information content (AvgIpc) is 2.24. The fourth-order valence-corrected chi connectivity index (χ4v) is 1.93. The summed E-state index contributed by atoms with van der Waals surface area (Å²) in [5, 5.41) is 1.10. The van der Waals surface area contributed by atoms with Gasteiger partial charge in [-0.15, -0.1) is 0 Å². The van der Waals surface area contributed by atoms with Crippen LogP contribution in [0, 0.1) is 0 Å². The molecule has 0 spiro atoms. The molecule has 0 radical (unpaired) electrons. The molecule has 0 saturated carbocycles. The van der Waals surface area contributed by atoms with Crippen molar-refractivity contribution >= 4 is 21.9 Å². The van der Waals surface area contributed by atoms with Crippen LogP contribution in [0.4, 0.5) is 0 Å². The molecular weight excluding hydrogens is 296 g/mol. The van der Waals surface area contributed by atoms with E-state index in [1.165, 1.54) is 32.1 Å². The molecule has 0 N–H and O–H groups in total. The van der Waals surface area contributed by atoms with Crippen LogP contribution in [0.5, 0.6) is 0 Å². The van der Waals surface area contributed by atoms with Gasteiger partial charge in [-0.3, -0.25) is 0 Å². The predicted molar refractivity (Wildman–Crippen MR) is 78.2 cm³/mol. The maximum atomic E-state index is 11.3. The van der Waals surface area contributed by atoms with E-state index in [2.05, 4.69) is 15.9 Å². The number of hydrogen-bond acceptors (Lipinski definition) is 3. The molecule has 0 heterocycles. The van der Waals surface area contributed by atoms with E-state index in [0.29, 0.717) is 6.61 Å². The van der Waals surface area contributed by atoms with E-state index in [1.807, 2.05) is 20.8 Å². The van der Waals surface area contributed by atoms with E-state index in [4.69, 9.17) is 9.47 Å². The maximum absolute atomic E-state index is 11.3. The molecule has 0 aromatic heterocycles. The van der Waals surface area contributed by atoms with Crippen molar-refractivity contribution in [2.75, 3.05) is 18.5 Å². The number of carbonyl (C=O) groups excluding carboxylic acids is 1. The summed E-state index contributed by atoms with van der Waals surface area (Å²) in [6.07, 6.45) is 7.30. The van der Waals surface area contributed by atoms with Crippen LogP contribution in [0.15, 0.2) is 0 Å². The van der Waals surface area contributed by atoms with Crippen molar-refractivity contribution in [1.29, 1.82) is 0 Å². The molecule has 0 aromatic carbocycles. The van der Waals surface area contributed by atoms with Crippen LogP contribution < -0.4 is 0 Å². The minimum Gasteiger partial charge on any atom is -0.458 e. The summed E-state index contributed by atoms with van der Waals surface area (Å²) in [6.45, 7) is 6.30. The van der Waals surface area contributed by atoms with Gasteiger partial charge in [-0.05, 0) is 33.6 Å². The normalized spacial score (nSPS) is 11.6. The lowest BCUT2D eigenvalue weighted by atomic mass is 10.1. The van der Waals surface area contributed by atoms with E-state index in [0.717, 1.165) is 11.8 Å². The van der Waals surface area contributed by atoms with Gasteiger partial charge in [-0.1, -0.05) is 41.6 Å². The maximum Gasteiger partial charge on any atom is 0.332 e. The monoisotopic (exact) mass is 322 g/mol. The number of carbonyl (C=O) groups is 1. The van der Waals surface area contributed by atoms with Gasteiger partial charge in [0.25, 0.3) is 0 Å². The molecule has 0 aliphatic rings. The first kappa shape index (κ1) is 17.9. The number of esters is 1. The third-order valence-electron chi connectivity index (χ3n) is 2.31. The van der Waals surface area contributed by atoms with Crippen molar-refractivity contribution in [3.05, 3.63) is 0 Å². The van der Waals surface area contributed by atoms with E-state index in [9.17, 15) is 4.79 Å². The molecule has 0 rings (SSSR count). The van der Waals surface area contributed by atoms with Gasteiger partial charge in [0, 0.05) is 11.9 Å². The minimum absolute atomic E-state index is 0.0703. The summed E-state index contributed by atoms with van der Waals surface area (Å²) >= 11 is 3.42. The number of hydrogen-bond donors (Lipinski definition) is 0. The molecule has 4 heteroatoms. The number of unbranched alkanes of at least 4 members (excludes halogenated alkanes) is 5. The molecule has 3 nitrogen and oxygen atoms in total. The Bertz CT molecular complexity index is 212. The molecule has 18 heavy (non-hydrogen) atoms. The predicted octanol–water partition coefficient (Wildman–Crippen LogP) is 4.08. The van der Waals surface area contributed by atoms with Gasteiger partial charge in [0.05, 0.1) is 0 Å². The van der Waals surface area contributed by atoms with Crippen molar-refractivity contribution < 1.29 is 14.3 Å². The number of rotatable bonds is 10. The quantitative estimate of drug-likeness (QED) is 0.345. The van der Waals surface area contributed by atoms with E-state index >= 15 is 0 Å².